The Labute approximate surface area is 133 Å². The Morgan fingerprint density at radius 1 is 1.35 bits per heavy atom. The van der Waals surface area contributed by atoms with E-state index in [4.69, 9.17) is 0 Å². The monoisotopic (exact) mass is 322 g/mol. The van der Waals surface area contributed by atoms with Crippen LogP contribution < -0.4 is 15.6 Å². The predicted molar refractivity (Wildman–Crippen MR) is 81.9 cm³/mol. The van der Waals surface area contributed by atoms with E-state index >= 15 is 0 Å². The van der Waals surface area contributed by atoms with E-state index in [9.17, 15) is 18.8 Å². The topological polar surface area (TPSA) is 81.8 Å². The Morgan fingerprint density at radius 3 is 2.48 bits per heavy atom. The molecule has 124 valence electrons. The number of nitrogens with one attached hydrogen (secondary N) is 2. The highest BCUT2D eigenvalue weighted by atomic mass is 19.1. The number of amides is 4. The first-order valence-corrected chi connectivity index (χ1v) is 7.19. The van der Waals surface area contributed by atoms with Crippen LogP contribution in [0, 0.1) is 5.82 Å². The van der Waals surface area contributed by atoms with Crippen LogP contribution >= 0.6 is 0 Å². The van der Waals surface area contributed by atoms with Crippen LogP contribution in [0.25, 0.3) is 0 Å². The number of nitrogens with zero attached hydrogens (tertiary/aromatic N) is 2. The number of carbonyl (C=O) groups is 3. The Morgan fingerprint density at radius 2 is 1.96 bits per heavy atom. The first kappa shape index (κ1) is 16.7. The summed E-state index contributed by atoms with van der Waals surface area (Å²) in [7, 11) is 1.65. The van der Waals surface area contributed by atoms with Crippen molar-refractivity contribution in [3.05, 3.63) is 30.1 Å². The number of carbonyl (C=O) groups excluding carboxylic acids is 3. The normalized spacial score (nSPS) is 20.4. The number of likely N-dealkylation sites (N-methyl/N-ethyl adjacent to an activating group) is 1. The van der Waals surface area contributed by atoms with Gasteiger partial charge in [0, 0.05) is 12.7 Å². The number of benzene rings is 1. The molecule has 0 aliphatic carbocycles. The molecule has 1 aromatic carbocycles. The molecule has 1 atom stereocenters. The molecule has 4 amide bonds. The van der Waals surface area contributed by atoms with Gasteiger partial charge in [-0.2, -0.15) is 5.01 Å². The summed E-state index contributed by atoms with van der Waals surface area (Å²) in [5.41, 5.74) is 1.93. The molecule has 0 saturated carbocycles. The summed E-state index contributed by atoms with van der Waals surface area (Å²) in [6.07, 6.45) is 0.416. The highest BCUT2D eigenvalue weighted by Gasteiger charge is 2.47. The molecule has 23 heavy (non-hydrogen) atoms. The van der Waals surface area contributed by atoms with Crippen molar-refractivity contribution in [2.24, 2.45) is 0 Å². The van der Waals surface area contributed by atoms with Crippen molar-refractivity contribution in [1.29, 1.82) is 0 Å². The molecule has 7 nitrogen and oxygen atoms in total. The molecular formula is C15H19FN4O3. The van der Waals surface area contributed by atoms with Crippen molar-refractivity contribution < 1.29 is 18.8 Å². The number of hydrogen-bond donors (Lipinski definition) is 2. The van der Waals surface area contributed by atoms with Gasteiger partial charge in [0.2, 0.25) is 0 Å². The molecule has 0 bridgehead atoms. The second kappa shape index (κ2) is 6.23. The van der Waals surface area contributed by atoms with Gasteiger partial charge in [-0.1, -0.05) is 6.92 Å². The minimum Gasteiger partial charge on any atom is -0.365 e. The fourth-order valence-electron chi connectivity index (χ4n) is 2.19. The average Bonchev–Trinajstić information content (AvgIpc) is 2.72. The highest BCUT2D eigenvalue weighted by Crippen LogP contribution is 2.19. The van der Waals surface area contributed by atoms with Crippen molar-refractivity contribution >= 4 is 23.5 Å². The molecule has 8 heteroatoms. The van der Waals surface area contributed by atoms with Crippen LogP contribution in [0.4, 0.5) is 14.9 Å². The third-order valence-electron chi connectivity index (χ3n) is 3.85. The quantitative estimate of drug-likeness (QED) is 0.793. The molecule has 1 aromatic rings. The molecule has 2 rings (SSSR count). The van der Waals surface area contributed by atoms with Gasteiger partial charge in [0.1, 0.15) is 11.4 Å². The Bertz CT molecular complexity index is 634. The molecule has 1 aliphatic rings. The maximum atomic E-state index is 12.9. The fourth-order valence-corrected chi connectivity index (χ4v) is 2.19. The first-order chi connectivity index (χ1) is 10.8. The van der Waals surface area contributed by atoms with Crippen molar-refractivity contribution in [3.8, 4) is 0 Å². The van der Waals surface area contributed by atoms with Gasteiger partial charge in [-0.25, -0.2) is 9.18 Å². The van der Waals surface area contributed by atoms with E-state index in [0.29, 0.717) is 17.1 Å². The zero-order chi connectivity index (χ0) is 17.2. The van der Waals surface area contributed by atoms with Gasteiger partial charge in [0.05, 0.1) is 6.54 Å². The zero-order valence-corrected chi connectivity index (χ0v) is 13.2. The maximum Gasteiger partial charge on any atom is 0.344 e. The van der Waals surface area contributed by atoms with E-state index in [2.05, 4.69) is 10.7 Å². The van der Waals surface area contributed by atoms with E-state index in [0.717, 1.165) is 0 Å². The van der Waals surface area contributed by atoms with Gasteiger partial charge in [0.25, 0.3) is 11.8 Å². The van der Waals surface area contributed by atoms with E-state index in [-0.39, 0.29) is 12.4 Å². The van der Waals surface area contributed by atoms with Crippen LogP contribution in [-0.4, -0.2) is 42.0 Å². The van der Waals surface area contributed by atoms with Crippen molar-refractivity contribution in [2.45, 2.75) is 25.8 Å². The van der Waals surface area contributed by atoms with Gasteiger partial charge < -0.3 is 10.2 Å². The van der Waals surface area contributed by atoms with Crippen molar-refractivity contribution in [2.75, 3.05) is 18.5 Å². The van der Waals surface area contributed by atoms with Gasteiger partial charge in [-0.05, 0) is 37.6 Å². The summed E-state index contributed by atoms with van der Waals surface area (Å²) in [6, 6.07) is 4.98. The molecule has 1 aliphatic heterocycles. The third-order valence-corrected chi connectivity index (χ3v) is 3.85. The number of rotatable bonds is 5. The number of hydrazine groups is 1. The lowest BCUT2D eigenvalue weighted by Crippen LogP contribution is -2.50. The number of urea groups is 1. The molecule has 1 saturated heterocycles. The highest BCUT2D eigenvalue weighted by molar-refractivity contribution is 6.07. The van der Waals surface area contributed by atoms with Gasteiger partial charge >= 0.3 is 6.03 Å². The van der Waals surface area contributed by atoms with Crippen LogP contribution in [-0.2, 0) is 9.59 Å². The Kier molecular flexibility index (Phi) is 4.53. The lowest BCUT2D eigenvalue weighted by molar-refractivity contribution is -0.138. The molecular weight excluding hydrogens is 303 g/mol. The van der Waals surface area contributed by atoms with Crippen LogP contribution in [0.1, 0.15) is 20.3 Å². The van der Waals surface area contributed by atoms with Gasteiger partial charge in [-0.3, -0.25) is 15.0 Å². The predicted octanol–water partition coefficient (Wildman–Crippen LogP) is 1.01. The molecule has 0 radical (unpaired) electrons. The first-order valence-electron chi connectivity index (χ1n) is 7.19. The van der Waals surface area contributed by atoms with Crippen LogP contribution in [0.15, 0.2) is 24.3 Å². The van der Waals surface area contributed by atoms with Crippen molar-refractivity contribution in [3.63, 3.8) is 0 Å². The maximum absolute atomic E-state index is 12.9. The largest absolute Gasteiger partial charge is 0.365 e. The van der Waals surface area contributed by atoms with E-state index in [1.807, 2.05) is 0 Å². The summed E-state index contributed by atoms with van der Waals surface area (Å²) in [4.78, 5) is 37.6. The Balaban J connectivity index is 1.98. The minimum atomic E-state index is -1.01. The summed E-state index contributed by atoms with van der Waals surface area (Å²) >= 11 is 0. The van der Waals surface area contributed by atoms with E-state index < -0.39 is 23.4 Å². The lowest BCUT2D eigenvalue weighted by Gasteiger charge is -2.22. The number of imide groups is 1. The summed E-state index contributed by atoms with van der Waals surface area (Å²) in [5.74, 6) is -1.40. The van der Waals surface area contributed by atoms with Crippen molar-refractivity contribution in [1.82, 2.24) is 15.8 Å². The average molecular weight is 322 g/mol. The molecule has 2 N–H and O–H groups in total. The standard InChI is InChI=1S/C15H19FN4O3/c1-4-15(2)13(22)20(14(23)17-15)18-12(21)9-19(3)11-7-5-10(16)6-8-11/h5-8H,4,9H2,1-3H3,(H,17,23)(H,18,21). The molecule has 1 unspecified atom stereocenters. The minimum absolute atomic E-state index is 0.0917. The van der Waals surface area contributed by atoms with Crippen LogP contribution in [0.2, 0.25) is 0 Å². The molecule has 0 aromatic heterocycles. The second-order valence-corrected chi connectivity index (χ2v) is 5.62. The number of anilines is 1. The third kappa shape index (κ3) is 3.41. The van der Waals surface area contributed by atoms with E-state index in [1.165, 1.54) is 24.3 Å². The second-order valence-electron chi connectivity index (χ2n) is 5.62. The smallest absolute Gasteiger partial charge is 0.344 e. The summed E-state index contributed by atoms with van der Waals surface area (Å²) in [5, 5.41) is 3.24. The summed E-state index contributed by atoms with van der Waals surface area (Å²) < 4.78 is 12.9. The van der Waals surface area contributed by atoms with Gasteiger partial charge in [-0.15, -0.1) is 0 Å². The lowest BCUT2D eigenvalue weighted by atomic mass is 10.00. The Hall–Kier alpha value is -2.64. The molecule has 1 heterocycles. The summed E-state index contributed by atoms with van der Waals surface area (Å²) in [6.45, 7) is 3.28. The van der Waals surface area contributed by atoms with Crippen LogP contribution in [0.5, 0.6) is 0 Å². The van der Waals surface area contributed by atoms with E-state index in [1.54, 1.807) is 25.8 Å². The zero-order valence-electron chi connectivity index (χ0n) is 13.2. The fraction of sp³-hybridized carbons (Fsp3) is 0.400. The SMILES string of the molecule is CCC1(C)NC(=O)N(NC(=O)CN(C)c2ccc(F)cc2)C1=O. The van der Waals surface area contributed by atoms with Crippen LogP contribution in [0.3, 0.4) is 0 Å². The van der Waals surface area contributed by atoms with Gasteiger partial charge in [0.15, 0.2) is 0 Å². The number of hydrogen-bond acceptors (Lipinski definition) is 4. The molecule has 1 fully saturated rings. The number of halogens is 1. The molecule has 0 spiro atoms.